The van der Waals surface area contributed by atoms with Crippen LogP contribution in [0, 0.1) is 12.8 Å². The third kappa shape index (κ3) is 3.16. The van der Waals surface area contributed by atoms with Gasteiger partial charge in [0.2, 0.25) is 5.91 Å². The maximum absolute atomic E-state index is 12.1. The fraction of sp³-hybridized carbons (Fsp3) is 0.462. The minimum Gasteiger partial charge on any atom is -0.324 e. The lowest BCUT2D eigenvalue weighted by Gasteiger charge is -2.22. The van der Waals surface area contributed by atoms with E-state index in [1.165, 1.54) is 0 Å². The van der Waals surface area contributed by atoms with E-state index in [0.717, 1.165) is 31.5 Å². The maximum Gasteiger partial charge on any atom is 0.228 e. The monoisotopic (exact) mass is 286 g/mol. The number of nitrogens with one attached hydrogen (secondary N) is 2. The number of benzene rings is 1. The van der Waals surface area contributed by atoms with Gasteiger partial charge >= 0.3 is 0 Å². The fourth-order valence-corrected chi connectivity index (χ4v) is 2.48. The van der Waals surface area contributed by atoms with Gasteiger partial charge in [-0.25, -0.2) is 0 Å². The van der Waals surface area contributed by atoms with Gasteiger partial charge in [0.25, 0.3) is 0 Å². The van der Waals surface area contributed by atoms with Crippen molar-refractivity contribution in [2.24, 2.45) is 5.92 Å². The van der Waals surface area contributed by atoms with E-state index in [1.54, 1.807) is 12.1 Å². The molecule has 0 bridgehead atoms. The first-order chi connectivity index (χ1) is 8.58. The normalized spacial score (nSPS) is 19.6. The lowest BCUT2D eigenvalue weighted by atomic mass is 9.99. The number of carbonyl (C=O) groups is 1. The number of piperidine rings is 1. The molecule has 2 N–H and O–H groups in total. The van der Waals surface area contributed by atoms with Crippen molar-refractivity contribution in [2.75, 3.05) is 18.4 Å². The van der Waals surface area contributed by atoms with E-state index < -0.39 is 0 Å². The van der Waals surface area contributed by atoms with Crippen molar-refractivity contribution in [3.63, 3.8) is 0 Å². The molecule has 3 nitrogen and oxygen atoms in total. The van der Waals surface area contributed by atoms with Crippen molar-refractivity contribution >= 4 is 34.8 Å². The highest BCUT2D eigenvalue weighted by molar-refractivity contribution is 6.36. The lowest BCUT2D eigenvalue weighted by Crippen LogP contribution is -2.37. The number of hydrogen-bond donors (Lipinski definition) is 2. The number of amides is 1. The molecule has 0 radical (unpaired) electrons. The molecule has 0 spiro atoms. The van der Waals surface area contributed by atoms with Crippen molar-refractivity contribution in [3.05, 3.63) is 27.7 Å². The highest BCUT2D eigenvalue weighted by atomic mass is 35.5. The van der Waals surface area contributed by atoms with E-state index in [0.29, 0.717) is 15.7 Å². The summed E-state index contributed by atoms with van der Waals surface area (Å²) in [6.45, 7) is 3.59. The number of anilines is 1. The predicted molar refractivity (Wildman–Crippen MR) is 75.4 cm³/mol. The quantitative estimate of drug-likeness (QED) is 0.876. The molecule has 1 amide bonds. The third-order valence-corrected chi connectivity index (χ3v) is 3.89. The van der Waals surface area contributed by atoms with Crippen LogP contribution in [0.1, 0.15) is 18.4 Å². The lowest BCUT2D eigenvalue weighted by molar-refractivity contribution is -0.120. The van der Waals surface area contributed by atoms with Crippen molar-refractivity contribution in [1.82, 2.24) is 5.32 Å². The summed E-state index contributed by atoms with van der Waals surface area (Å²) in [6, 6.07) is 3.46. The van der Waals surface area contributed by atoms with Gasteiger partial charge in [-0.05, 0) is 44.0 Å². The van der Waals surface area contributed by atoms with Crippen LogP contribution in [0.25, 0.3) is 0 Å². The minimum atomic E-state index is 0.00372. The Kier molecular flexibility index (Phi) is 4.49. The Bertz CT molecular complexity index is 457. The Labute approximate surface area is 117 Å². The van der Waals surface area contributed by atoms with E-state index in [1.807, 2.05) is 6.92 Å². The molecule has 98 valence electrons. The number of carbonyl (C=O) groups excluding carboxylic acids is 1. The Morgan fingerprint density at radius 1 is 1.39 bits per heavy atom. The second kappa shape index (κ2) is 5.91. The summed E-state index contributed by atoms with van der Waals surface area (Å²) in [6.07, 6.45) is 1.94. The van der Waals surface area contributed by atoms with Crippen LogP contribution in [0.4, 0.5) is 5.69 Å². The van der Waals surface area contributed by atoms with Crippen molar-refractivity contribution < 1.29 is 4.79 Å². The number of hydrogen-bond acceptors (Lipinski definition) is 2. The minimum absolute atomic E-state index is 0.00372. The summed E-state index contributed by atoms with van der Waals surface area (Å²) >= 11 is 12.1. The van der Waals surface area contributed by atoms with Crippen molar-refractivity contribution in [1.29, 1.82) is 0 Å². The van der Waals surface area contributed by atoms with E-state index in [9.17, 15) is 4.79 Å². The Hall–Kier alpha value is -0.770. The van der Waals surface area contributed by atoms with Gasteiger partial charge < -0.3 is 10.6 Å². The molecule has 2 rings (SSSR count). The third-order valence-electron chi connectivity index (χ3n) is 3.17. The van der Waals surface area contributed by atoms with Gasteiger partial charge in [0.15, 0.2) is 0 Å². The van der Waals surface area contributed by atoms with Gasteiger partial charge in [0.05, 0.1) is 16.6 Å². The summed E-state index contributed by atoms with van der Waals surface area (Å²) in [4.78, 5) is 12.1. The fourth-order valence-electron chi connectivity index (χ4n) is 2.05. The molecule has 18 heavy (non-hydrogen) atoms. The molecule has 1 aromatic rings. The van der Waals surface area contributed by atoms with E-state index in [-0.39, 0.29) is 11.8 Å². The molecular formula is C13H16Cl2N2O. The molecule has 0 unspecified atom stereocenters. The summed E-state index contributed by atoms with van der Waals surface area (Å²) in [5.74, 6) is 0.0129. The Morgan fingerprint density at radius 2 is 2.17 bits per heavy atom. The number of aryl methyl sites for hydroxylation is 1. The molecule has 0 saturated carbocycles. The van der Waals surface area contributed by atoms with Crippen LogP contribution in [0.2, 0.25) is 10.0 Å². The maximum atomic E-state index is 12.1. The Morgan fingerprint density at radius 3 is 2.83 bits per heavy atom. The summed E-state index contributed by atoms with van der Waals surface area (Å²) in [5, 5.41) is 7.20. The smallest absolute Gasteiger partial charge is 0.228 e. The molecule has 0 aliphatic carbocycles. The highest BCUT2D eigenvalue weighted by Gasteiger charge is 2.21. The van der Waals surface area contributed by atoms with Crippen LogP contribution in [0.5, 0.6) is 0 Å². The van der Waals surface area contributed by atoms with Crippen LogP contribution >= 0.6 is 23.2 Å². The molecule has 0 aromatic heterocycles. The first-order valence-corrected chi connectivity index (χ1v) is 6.80. The van der Waals surface area contributed by atoms with Gasteiger partial charge in [0, 0.05) is 11.6 Å². The Balaban J connectivity index is 2.08. The van der Waals surface area contributed by atoms with Gasteiger partial charge in [-0.1, -0.05) is 23.2 Å². The summed E-state index contributed by atoms with van der Waals surface area (Å²) in [7, 11) is 0. The molecule has 1 aromatic carbocycles. The second-order valence-electron chi connectivity index (χ2n) is 4.61. The highest BCUT2D eigenvalue weighted by Crippen LogP contribution is 2.29. The molecule has 1 fully saturated rings. The predicted octanol–water partition coefficient (Wildman–Crippen LogP) is 3.24. The molecular weight excluding hydrogens is 271 g/mol. The standard InChI is InChI=1S/C13H16Cl2N2O/c1-8-5-11(15)12(6-10(8)14)17-13(18)9-3-2-4-16-7-9/h5-6,9,16H,2-4,7H2,1H3,(H,17,18)/t9-/m0/s1. The topological polar surface area (TPSA) is 41.1 Å². The average molecular weight is 287 g/mol. The van der Waals surface area contributed by atoms with Gasteiger partial charge in [0.1, 0.15) is 0 Å². The van der Waals surface area contributed by atoms with E-state index in [2.05, 4.69) is 10.6 Å². The van der Waals surface area contributed by atoms with Crippen LogP contribution in [0.3, 0.4) is 0 Å². The van der Waals surface area contributed by atoms with Crippen LogP contribution < -0.4 is 10.6 Å². The molecule has 1 saturated heterocycles. The zero-order chi connectivity index (χ0) is 13.1. The zero-order valence-corrected chi connectivity index (χ0v) is 11.7. The van der Waals surface area contributed by atoms with Crippen molar-refractivity contribution in [3.8, 4) is 0 Å². The summed E-state index contributed by atoms with van der Waals surface area (Å²) in [5.41, 5.74) is 1.49. The first kappa shape index (κ1) is 13.7. The van der Waals surface area contributed by atoms with Crippen LogP contribution in [0.15, 0.2) is 12.1 Å². The van der Waals surface area contributed by atoms with Gasteiger partial charge in [-0.3, -0.25) is 4.79 Å². The molecule has 5 heteroatoms. The SMILES string of the molecule is Cc1cc(Cl)c(NC(=O)[C@H]2CCCNC2)cc1Cl. The van der Waals surface area contributed by atoms with Crippen molar-refractivity contribution in [2.45, 2.75) is 19.8 Å². The second-order valence-corrected chi connectivity index (χ2v) is 5.43. The van der Waals surface area contributed by atoms with Crippen LogP contribution in [-0.4, -0.2) is 19.0 Å². The largest absolute Gasteiger partial charge is 0.324 e. The molecule has 1 heterocycles. The van der Waals surface area contributed by atoms with E-state index in [4.69, 9.17) is 23.2 Å². The average Bonchev–Trinajstić information content (AvgIpc) is 2.37. The van der Waals surface area contributed by atoms with Gasteiger partial charge in [-0.2, -0.15) is 0 Å². The molecule has 1 aliphatic heterocycles. The zero-order valence-electron chi connectivity index (χ0n) is 10.2. The number of rotatable bonds is 2. The molecule has 1 atom stereocenters. The first-order valence-electron chi connectivity index (χ1n) is 6.05. The van der Waals surface area contributed by atoms with Crippen LogP contribution in [-0.2, 0) is 4.79 Å². The van der Waals surface area contributed by atoms with E-state index >= 15 is 0 Å². The molecule has 1 aliphatic rings. The summed E-state index contributed by atoms with van der Waals surface area (Å²) < 4.78 is 0. The number of halogens is 2. The van der Waals surface area contributed by atoms with Gasteiger partial charge in [-0.15, -0.1) is 0 Å².